The van der Waals surface area contributed by atoms with Crippen LogP contribution >= 0.6 is 23.2 Å². The number of nitrogens with one attached hydrogen (secondary N) is 1. The van der Waals surface area contributed by atoms with E-state index in [9.17, 15) is 9.59 Å². The molecule has 2 heterocycles. The van der Waals surface area contributed by atoms with Gasteiger partial charge in [-0.25, -0.2) is 5.01 Å². The average molecular weight is 476 g/mol. The molecule has 0 saturated carbocycles. The van der Waals surface area contributed by atoms with Crippen molar-refractivity contribution in [2.45, 2.75) is 19.4 Å². The van der Waals surface area contributed by atoms with E-state index in [-0.39, 0.29) is 17.5 Å². The molecule has 5 rings (SSSR count). The molecule has 0 aliphatic carbocycles. The van der Waals surface area contributed by atoms with Crippen molar-refractivity contribution >= 4 is 45.7 Å². The summed E-state index contributed by atoms with van der Waals surface area (Å²) < 4.78 is 0. The van der Waals surface area contributed by atoms with E-state index in [1.165, 1.54) is 11.9 Å². The minimum atomic E-state index is -0.326. The number of halogens is 2. The number of aromatic nitrogens is 1. The summed E-state index contributed by atoms with van der Waals surface area (Å²) in [5, 5.41) is 8.06. The van der Waals surface area contributed by atoms with Crippen molar-refractivity contribution in [1.82, 2.24) is 9.99 Å². The van der Waals surface area contributed by atoms with E-state index in [0.29, 0.717) is 33.3 Å². The van der Waals surface area contributed by atoms with Crippen LogP contribution in [-0.4, -0.2) is 21.6 Å². The van der Waals surface area contributed by atoms with Crippen LogP contribution in [0, 0.1) is 0 Å². The summed E-state index contributed by atoms with van der Waals surface area (Å²) in [7, 11) is 0. The Morgan fingerprint density at radius 1 is 0.970 bits per heavy atom. The fraction of sp³-hybridized carbons (Fsp3) is 0.115. The third kappa shape index (κ3) is 3.94. The molecule has 0 fully saturated rings. The van der Waals surface area contributed by atoms with Crippen LogP contribution < -0.4 is 5.56 Å². The molecule has 1 amide bonds. The number of aromatic amines is 1. The summed E-state index contributed by atoms with van der Waals surface area (Å²) in [5.41, 5.74) is 3.93. The molecule has 0 saturated heterocycles. The van der Waals surface area contributed by atoms with Gasteiger partial charge in [0.25, 0.3) is 5.56 Å². The Morgan fingerprint density at radius 3 is 2.36 bits per heavy atom. The topological polar surface area (TPSA) is 65.5 Å². The molecule has 1 aromatic heterocycles. The first kappa shape index (κ1) is 21.4. The highest BCUT2D eigenvalue weighted by molar-refractivity contribution is 6.31. The van der Waals surface area contributed by atoms with Gasteiger partial charge in [0.15, 0.2) is 0 Å². The smallest absolute Gasteiger partial charge is 0.258 e. The number of pyridine rings is 1. The highest BCUT2D eigenvalue weighted by atomic mass is 35.5. The molecule has 33 heavy (non-hydrogen) atoms. The zero-order chi connectivity index (χ0) is 23.1. The fourth-order valence-corrected chi connectivity index (χ4v) is 4.64. The number of H-pyrrole nitrogens is 1. The summed E-state index contributed by atoms with van der Waals surface area (Å²) >= 11 is 12.4. The lowest BCUT2D eigenvalue weighted by molar-refractivity contribution is -0.130. The third-order valence-corrected chi connectivity index (χ3v) is 6.30. The number of carbonyl (C=O) groups is 1. The van der Waals surface area contributed by atoms with Crippen molar-refractivity contribution in [2.24, 2.45) is 5.10 Å². The van der Waals surface area contributed by atoms with Crippen LogP contribution in [0.2, 0.25) is 10.0 Å². The van der Waals surface area contributed by atoms with Crippen LogP contribution in [-0.2, 0) is 4.79 Å². The van der Waals surface area contributed by atoms with Gasteiger partial charge >= 0.3 is 0 Å². The molecule has 1 N–H and O–H groups in total. The second-order valence-electron chi connectivity index (χ2n) is 7.94. The molecule has 0 bridgehead atoms. The van der Waals surface area contributed by atoms with Crippen LogP contribution in [0.5, 0.6) is 0 Å². The quantitative estimate of drug-likeness (QED) is 0.383. The average Bonchev–Trinajstić information content (AvgIpc) is 3.25. The van der Waals surface area contributed by atoms with Gasteiger partial charge in [-0.05, 0) is 41.5 Å². The molecule has 4 aromatic rings. The van der Waals surface area contributed by atoms with Crippen molar-refractivity contribution in [3.8, 4) is 11.1 Å². The zero-order valence-corrected chi connectivity index (χ0v) is 19.2. The molecule has 3 aromatic carbocycles. The summed E-state index contributed by atoms with van der Waals surface area (Å²) in [6.45, 7) is 1.47. The van der Waals surface area contributed by atoms with Gasteiger partial charge in [0.2, 0.25) is 5.91 Å². The highest BCUT2D eigenvalue weighted by Crippen LogP contribution is 2.37. The maximum atomic E-state index is 13.4. The van der Waals surface area contributed by atoms with Gasteiger partial charge in [0, 0.05) is 39.9 Å². The monoisotopic (exact) mass is 475 g/mol. The summed E-state index contributed by atoms with van der Waals surface area (Å²) in [4.78, 5) is 28.8. The molecule has 1 atom stereocenters. The normalized spacial score (nSPS) is 15.7. The minimum Gasteiger partial charge on any atom is -0.321 e. The maximum Gasteiger partial charge on any atom is 0.258 e. The second-order valence-corrected chi connectivity index (χ2v) is 8.81. The van der Waals surface area contributed by atoms with Crippen LogP contribution in [0.15, 0.2) is 82.7 Å². The molecule has 5 nitrogen and oxygen atoms in total. The van der Waals surface area contributed by atoms with E-state index in [1.807, 2.05) is 48.5 Å². The maximum absolute atomic E-state index is 13.4. The molecular weight excluding hydrogens is 457 g/mol. The lowest BCUT2D eigenvalue weighted by Crippen LogP contribution is -2.24. The standard InChI is InChI=1S/C26H19Cl2N3O2/c1-15(32)31-23(16-7-9-18(27)10-8-16)14-22(30-31)25-24(17-5-3-2-4-6-17)20-13-19(28)11-12-21(20)29-26(25)33/h2-13,23H,14H2,1H3,(H,29,33)/t23-/m0/s1. The first-order chi connectivity index (χ1) is 15.9. The Bertz CT molecular complexity index is 1460. The van der Waals surface area contributed by atoms with Crippen LogP contribution in [0.25, 0.3) is 22.0 Å². The summed E-state index contributed by atoms with van der Waals surface area (Å²) in [6.07, 6.45) is 0.399. The Morgan fingerprint density at radius 2 is 1.67 bits per heavy atom. The van der Waals surface area contributed by atoms with Crippen LogP contribution in [0.1, 0.15) is 30.5 Å². The van der Waals surface area contributed by atoms with Gasteiger partial charge in [-0.1, -0.05) is 65.7 Å². The number of rotatable bonds is 3. The molecular formula is C26H19Cl2N3O2. The number of carbonyl (C=O) groups excluding carboxylic acids is 1. The Balaban J connectivity index is 1.74. The van der Waals surface area contributed by atoms with Crippen LogP contribution in [0.3, 0.4) is 0 Å². The van der Waals surface area contributed by atoms with E-state index in [4.69, 9.17) is 23.2 Å². The molecule has 7 heteroatoms. The van der Waals surface area contributed by atoms with E-state index in [1.54, 1.807) is 24.3 Å². The van der Waals surface area contributed by atoms with Gasteiger partial charge in [-0.3, -0.25) is 9.59 Å². The molecule has 1 aliphatic heterocycles. The number of nitrogens with zero attached hydrogens (tertiary/aromatic N) is 2. The summed E-state index contributed by atoms with van der Waals surface area (Å²) in [5.74, 6) is -0.202. The lowest BCUT2D eigenvalue weighted by atomic mass is 9.91. The number of fused-ring (bicyclic) bond motifs is 1. The van der Waals surface area contributed by atoms with Gasteiger partial charge < -0.3 is 4.98 Å². The van der Waals surface area contributed by atoms with Gasteiger partial charge in [0.1, 0.15) is 0 Å². The zero-order valence-electron chi connectivity index (χ0n) is 17.7. The third-order valence-electron chi connectivity index (χ3n) is 5.82. The first-order valence-corrected chi connectivity index (χ1v) is 11.2. The molecule has 0 radical (unpaired) electrons. The predicted octanol–water partition coefficient (Wildman–Crippen LogP) is 6.20. The van der Waals surface area contributed by atoms with E-state index in [0.717, 1.165) is 22.1 Å². The molecule has 0 unspecified atom stereocenters. The van der Waals surface area contributed by atoms with E-state index >= 15 is 0 Å². The number of hydrogen-bond acceptors (Lipinski definition) is 3. The second kappa shape index (κ2) is 8.50. The summed E-state index contributed by atoms with van der Waals surface area (Å²) in [6, 6.07) is 22.1. The first-order valence-electron chi connectivity index (χ1n) is 10.5. The Hall–Kier alpha value is -3.41. The van der Waals surface area contributed by atoms with Gasteiger partial charge in [-0.2, -0.15) is 5.10 Å². The van der Waals surface area contributed by atoms with Crippen molar-refractivity contribution in [1.29, 1.82) is 0 Å². The van der Waals surface area contributed by atoms with Crippen molar-refractivity contribution in [3.05, 3.63) is 104 Å². The lowest BCUT2D eigenvalue weighted by Gasteiger charge is -2.20. The van der Waals surface area contributed by atoms with Crippen molar-refractivity contribution in [3.63, 3.8) is 0 Å². The molecule has 164 valence electrons. The van der Waals surface area contributed by atoms with Crippen molar-refractivity contribution < 1.29 is 4.79 Å². The predicted molar refractivity (Wildman–Crippen MR) is 133 cm³/mol. The fourth-order valence-electron chi connectivity index (χ4n) is 4.34. The number of benzene rings is 3. The number of hydrogen-bond donors (Lipinski definition) is 1. The molecule has 0 spiro atoms. The Labute approximate surface area is 200 Å². The van der Waals surface area contributed by atoms with Gasteiger partial charge in [-0.15, -0.1) is 0 Å². The van der Waals surface area contributed by atoms with Crippen molar-refractivity contribution in [2.75, 3.05) is 0 Å². The highest BCUT2D eigenvalue weighted by Gasteiger charge is 2.34. The Kier molecular flexibility index (Phi) is 5.52. The molecule has 1 aliphatic rings. The van der Waals surface area contributed by atoms with E-state index in [2.05, 4.69) is 10.1 Å². The number of amides is 1. The van der Waals surface area contributed by atoms with Crippen LogP contribution in [0.4, 0.5) is 0 Å². The van der Waals surface area contributed by atoms with Gasteiger partial charge in [0.05, 0.1) is 17.3 Å². The van der Waals surface area contributed by atoms with E-state index < -0.39 is 0 Å². The minimum absolute atomic E-state index is 0.202. The largest absolute Gasteiger partial charge is 0.321 e. The number of hydrazone groups is 1. The SMILES string of the molecule is CC(=O)N1N=C(c2c(-c3ccccc3)c3cc(Cl)ccc3[nH]c2=O)C[C@H]1c1ccc(Cl)cc1.